The van der Waals surface area contributed by atoms with E-state index in [2.05, 4.69) is 0 Å². The van der Waals surface area contributed by atoms with E-state index in [4.69, 9.17) is 9.47 Å². The van der Waals surface area contributed by atoms with E-state index in [1.54, 1.807) is 0 Å². The summed E-state index contributed by atoms with van der Waals surface area (Å²) in [6.07, 6.45) is -1.67. The van der Waals surface area contributed by atoms with Gasteiger partial charge < -0.3 is 19.7 Å². The summed E-state index contributed by atoms with van der Waals surface area (Å²) in [4.78, 5) is 11.1. The normalized spacial score (nSPS) is 49.2. The van der Waals surface area contributed by atoms with Crippen molar-refractivity contribution in [2.75, 3.05) is 7.11 Å². The Hall–Kier alpha value is -0.650. The van der Waals surface area contributed by atoms with E-state index >= 15 is 0 Å². The highest BCUT2D eigenvalue weighted by Gasteiger charge is 2.57. The molecule has 13 heavy (non-hydrogen) atoms. The van der Waals surface area contributed by atoms with E-state index in [1.165, 1.54) is 7.11 Å². The lowest BCUT2D eigenvalue weighted by atomic mass is 9.82. The molecular formula is C8H12O5. The molecule has 1 saturated heterocycles. The number of carbonyl (C=O) groups is 1. The number of methoxy groups -OCH3 is 1. The van der Waals surface area contributed by atoms with Crippen LogP contribution < -0.4 is 0 Å². The van der Waals surface area contributed by atoms with Crippen molar-refractivity contribution in [1.29, 1.82) is 0 Å². The molecule has 1 aliphatic heterocycles. The van der Waals surface area contributed by atoms with Gasteiger partial charge in [-0.15, -0.1) is 0 Å². The van der Waals surface area contributed by atoms with Gasteiger partial charge in [0.25, 0.3) is 0 Å². The molecule has 0 aromatic rings. The fourth-order valence-corrected chi connectivity index (χ4v) is 1.98. The molecule has 1 saturated carbocycles. The molecule has 1 aliphatic carbocycles. The molecule has 4 atom stereocenters. The molecule has 74 valence electrons. The molecule has 2 bridgehead atoms. The van der Waals surface area contributed by atoms with Crippen molar-refractivity contribution in [2.24, 2.45) is 0 Å². The maximum Gasteiger partial charge on any atom is 0.338 e. The van der Waals surface area contributed by atoms with Gasteiger partial charge in [0, 0.05) is 20.0 Å². The molecule has 5 heteroatoms. The van der Waals surface area contributed by atoms with Crippen LogP contribution >= 0.6 is 0 Å². The van der Waals surface area contributed by atoms with Crippen molar-refractivity contribution < 1.29 is 24.5 Å². The summed E-state index contributed by atoms with van der Waals surface area (Å²) in [6.45, 7) is 0. The van der Waals surface area contributed by atoms with Crippen LogP contribution in [0.25, 0.3) is 0 Å². The molecule has 2 fully saturated rings. The second-order valence-electron chi connectivity index (χ2n) is 3.65. The Morgan fingerprint density at radius 1 is 1.62 bits per heavy atom. The minimum Gasteiger partial charge on any atom is -0.457 e. The molecule has 0 spiro atoms. The van der Waals surface area contributed by atoms with Crippen LogP contribution in [0.5, 0.6) is 0 Å². The average molecular weight is 188 g/mol. The highest BCUT2D eigenvalue weighted by Crippen LogP contribution is 2.38. The first-order valence-corrected chi connectivity index (χ1v) is 4.21. The van der Waals surface area contributed by atoms with E-state index in [9.17, 15) is 15.0 Å². The standard InChI is InChI=1S/C8H12O5/c1-12-4-2-8(11)3-5(6(4)9)13-7(8)10/h4-6,9,11H,2-3H2,1H3. The summed E-state index contributed by atoms with van der Waals surface area (Å²) >= 11 is 0. The van der Waals surface area contributed by atoms with Crippen LogP contribution in [-0.4, -0.2) is 47.2 Å². The molecule has 4 unspecified atom stereocenters. The van der Waals surface area contributed by atoms with E-state index in [1.807, 2.05) is 0 Å². The van der Waals surface area contributed by atoms with Crippen molar-refractivity contribution >= 4 is 5.97 Å². The van der Waals surface area contributed by atoms with Crippen LogP contribution in [0.2, 0.25) is 0 Å². The lowest BCUT2D eigenvalue weighted by Crippen LogP contribution is -2.49. The average Bonchev–Trinajstić information content (AvgIpc) is 2.34. The number of ether oxygens (including phenoxy) is 2. The number of aliphatic hydroxyl groups excluding tert-OH is 1. The van der Waals surface area contributed by atoms with Gasteiger partial charge in [0.2, 0.25) is 0 Å². The van der Waals surface area contributed by atoms with E-state index in [0.717, 1.165) is 0 Å². The molecule has 5 nitrogen and oxygen atoms in total. The van der Waals surface area contributed by atoms with Gasteiger partial charge in [-0.3, -0.25) is 0 Å². The molecule has 0 radical (unpaired) electrons. The minimum atomic E-state index is -1.44. The summed E-state index contributed by atoms with van der Waals surface area (Å²) in [5.41, 5.74) is -1.44. The Balaban J connectivity index is 2.24. The van der Waals surface area contributed by atoms with Crippen molar-refractivity contribution in [3.63, 3.8) is 0 Å². The topological polar surface area (TPSA) is 76.0 Å². The van der Waals surface area contributed by atoms with Crippen molar-refractivity contribution in [1.82, 2.24) is 0 Å². The third-order valence-electron chi connectivity index (χ3n) is 2.78. The monoisotopic (exact) mass is 188 g/mol. The SMILES string of the molecule is COC1CC2(O)CC(OC2=O)C1O. The van der Waals surface area contributed by atoms with Gasteiger partial charge in [0.1, 0.15) is 12.2 Å². The lowest BCUT2D eigenvalue weighted by molar-refractivity contribution is -0.154. The molecule has 0 amide bonds. The van der Waals surface area contributed by atoms with Gasteiger partial charge in [0.05, 0.1) is 6.10 Å². The minimum absolute atomic E-state index is 0.111. The Bertz CT molecular complexity index is 241. The smallest absolute Gasteiger partial charge is 0.338 e. The predicted octanol–water partition coefficient (Wildman–Crippen LogP) is -1.19. The first-order chi connectivity index (χ1) is 6.07. The van der Waals surface area contributed by atoms with Gasteiger partial charge >= 0.3 is 5.97 Å². The Morgan fingerprint density at radius 2 is 2.31 bits per heavy atom. The summed E-state index contributed by atoms with van der Waals surface area (Å²) in [7, 11) is 1.44. The molecular weight excluding hydrogens is 176 g/mol. The number of esters is 1. The van der Waals surface area contributed by atoms with Crippen molar-refractivity contribution in [3.8, 4) is 0 Å². The maximum atomic E-state index is 11.1. The van der Waals surface area contributed by atoms with Crippen LogP contribution in [0.4, 0.5) is 0 Å². The number of rotatable bonds is 1. The highest BCUT2D eigenvalue weighted by atomic mass is 16.6. The number of hydrogen-bond acceptors (Lipinski definition) is 5. The first-order valence-electron chi connectivity index (χ1n) is 4.21. The lowest BCUT2D eigenvalue weighted by Gasteiger charge is -2.32. The Kier molecular flexibility index (Phi) is 1.83. The summed E-state index contributed by atoms with van der Waals surface area (Å²) in [5, 5.41) is 19.3. The van der Waals surface area contributed by atoms with Gasteiger partial charge in [-0.25, -0.2) is 4.79 Å². The second-order valence-corrected chi connectivity index (χ2v) is 3.65. The van der Waals surface area contributed by atoms with E-state index in [-0.39, 0.29) is 12.8 Å². The van der Waals surface area contributed by atoms with Crippen molar-refractivity contribution in [3.05, 3.63) is 0 Å². The van der Waals surface area contributed by atoms with Crippen LogP contribution in [0.1, 0.15) is 12.8 Å². The van der Waals surface area contributed by atoms with Crippen molar-refractivity contribution in [2.45, 2.75) is 36.8 Å². The van der Waals surface area contributed by atoms with Gasteiger partial charge in [-0.1, -0.05) is 0 Å². The largest absolute Gasteiger partial charge is 0.457 e. The zero-order valence-electron chi connectivity index (χ0n) is 7.27. The maximum absolute atomic E-state index is 11.1. The third-order valence-corrected chi connectivity index (χ3v) is 2.78. The summed E-state index contributed by atoms with van der Waals surface area (Å²) in [5.74, 6) is -0.642. The number of fused-ring (bicyclic) bond motifs is 2. The first kappa shape index (κ1) is 8.93. The fraction of sp³-hybridized carbons (Fsp3) is 0.875. The fourth-order valence-electron chi connectivity index (χ4n) is 1.98. The summed E-state index contributed by atoms with van der Waals surface area (Å²) in [6, 6.07) is 0. The zero-order chi connectivity index (χ0) is 9.64. The van der Waals surface area contributed by atoms with Gasteiger partial charge in [-0.2, -0.15) is 0 Å². The van der Waals surface area contributed by atoms with Gasteiger partial charge in [0.15, 0.2) is 5.60 Å². The van der Waals surface area contributed by atoms with E-state index in [0.29, 0.717) is 0 Å². The molecule has 0 aromatic heterocycles. The van der Waals surface area contributed by atoms with Crippen LogP contribution in [0.3, 0.4) is 0 Å². The zero-order valence-corrected chi connectivity index (χ0v) is 7.27. The van der Waals surface area contributed by atoms with Crippen LogP contribution in [-0.2, 0) is 14.3 Å². The Morgan fingerprint density at radius 3 is 2.92 bits per heavy atom. The van der Waals surface area contributed by atoms with Crippen LogP contribution in [0.15, 0.2) is 0 Å². The quantitative estimate of drug-likeness (QED) is 0.506. The molecule has 1 heterocycles. The second kappa shape index (κ2) is 2.67. The Labute approximate surface area is 75.3 Å². The number of hydrogen-bond donors (Lipinski definition) is 2. The molecule has 2 N–H and O–H groups in total. The number of carbonyl (C=O) groups excluding carboxylic acids is 1. The molecule has 2 aliphatic rings. The highest BCUT2D eigenvalue weighted by molar-refractivity contribution is 5.82. The van der Waals surface area contributed by atoms with Gasteiger partial charge in [-0.05, 0) is 0 Å². The van der Waals surface area contributed by atoms with Crippen LogP contribution in [0, 0.1) is 0 Å². The number of aliphatic hydroxyl groups is 2. The predicted molar refractivity (Wildman–Crippen MR) is 40.9 cm³/mol. The molecule has 0 aromatic carbocycles. The molecule has 2 rings (SSSR count). The third kappa shape index (κ3) is 1.15. The van der Waals surface area contributed by atoms with E-state index < -0.39 is 29.9 Å². The summed E-state index contributed by atoms with van der Waals surface area (Å²) < 4.78 is 9.77.